The SMILES string of the molecule is COc1cc(C)n(CCNC(=O)COc2ccc(F)cc2)c(=O)c1. The Bertz CT molecular complexity index is 756. The van der Waals surface area contributed by atoms with Crippen LogP contribution in [-0.4, -0.2) is 30.7 Å². The Hall–Kier alpha value is -2.83. The third kappa shape index (κ3) is 4.84. The number of halogens is 1. The van der Waals surface area contributed by atoms with E-state index in [1.165, 1.54) is 37.4 Å². The van der Waals surface area contributed by atoms with Gasteiger partial charge in [0.05, 0.1) is 7.11 Å². The lowest BCUT2D eigenvalue weighted by atomic mass is 10.3. The number of ether oxygens (including phenoxy) is 2. The first kappa shape index (κ1) is 17.5. The molecule has 24 heavy (non-hydrogen) atoms. The zero-order valence-electron chi connectivity index (χ0n) is 13.5. The maximum atomic E-state index is 12.8. The number of carbonyl (C=O) groups is 1. The molecule has 1 aromatic carbocycles. The third-order valence-corrected chi connectivity index (χ3v) is 3.39. The smallest absolute Gasteiger partial charge is 0.258 e. The van der Waals surface area contributed by atoms with Crippen LogP contribution in [0.3, 0.4) is 0 Å². The lowest BCUT2D eigenvalue weighted by Crippen LogP contribution is -2.34. The van der Waals surface area contributed by atoms with E-state index >= 15 is 0 Å². The van der Waals surface area contributed by atoms with E-state index in [1.54, 1.807) is 17.6 Å². The normalized spacial score (nSPS) is 10.3. The molecule has 0 saturated heterocycles. The minimum atomic E-state index is -0.368. The van der Waals surface area contributed by atoms with Crippen LogP contribution in [-0.2, 0) is 11.3 Å². The van der Waals surface area contributed by atoms with Crippen LogP contribution in [0.4, 0.5) is 4.39 Å². The van der Waals surface area contributed by atoms with Gasteiger partial charge in [0, 0.05) is 24.8 Å². The summed E-state index contributed by atoms with van der Waals surface area (Å²) in [4.78, 5) is 23.7. The number of aryl methyl sites for hydroxylation is 1. The summed E-state index contributed by atoms with van der Waals surface area (Å²) in [5.41, 5.74) is 0.555. The monoisotopic (exact) mass is 334 g/mol. The molecule has 0 unspecified atom stereocenters. The van der Waals surface area contributed by atoms with Crippen molar-refractivity contribution < 1.29 is 18.7 Å². The Labute approximate surface area is 138 Å². The molecule has 0 fully saturated rings. The summed E-state index contributed by atoms with van der Waals surface area (Å²) >= 11 is 0. The Kier molecular flexibility index (Phi) is 5.95. The fraction of sp³-hybridized carbons (Fsp3) is 0.294. The Morgan fingerprint density at radius 2 is 1.92 bits per heavy atom. The van der Waals surface area contributed by atoms with Gasteiger partial charge in [0.15, 0.2) is 6.61 Å². The number of hydrogen-bond acceptors (Lipinski definition) is 4. The Balaban J connectivity index is 1.80. The molecule has 1 N–H and O–H groups in total. The Morgan fingerprint density at radius 3 is 2.54 bits per heavy atom. The van der Waals surface area contributed by atoms with E-state index in [4.69, 9.17) is 9.47 Å². The molecule has 0 radical (unpaired) electrons. The van der Waals surface area contributed by atoms with E-state index in [2.05, 4.69) is 5.32 Å². The summed E-state index contributed by atoms with van der Waals surface area (Å²) < 4.78 is 24.6. The zero-order chi connectivity index (χ0) is 17.5. The van der Waals surface area contributed by atoms with Crippen LogP contribution >= 0.6 is 0 Å². The van der Waals surface area contributed by atoms with Gasteiger partial charge in [0.25, 0.3) is 11.5 Å². The van der Waals surface area contributed by atoms with Gasteiger partial charge in [-0.15, -0.1) is 0 Å². The molecule has 0 bridgehead atoms. The van der Waals surface area contributed by atoms with Gasteiger partial charge in [-0.25, -0.2) is 4.39 Å². The van der Waals surface area contributed by atoms with Crippen LogP contribution in [0.25, 0.3) is 0 Å². The van der Waals surface area contributed by atoms with Crippen molar-refractivity contribution in [2.45, 2.75) is 13.5 Å². The van der Waals surface area contributed by atoms with Gasteiger partial charge in [-0.3, -0.25) is 9.59 Å². The molecule has 2 rings (SSSR count). The molecular weight excluding hydrogens is 315 g/mol. The minimum Gasteiger partial charge on any atom is -0.496 e. The van der Waals surface area contributed by atoms with E-state index in [9.17, 15) is 14.0 Å². The molecule has 1 amide bonds. The first-order valence-electron chi connectivity index (χ1n) is 7.40. The fourth-order valence-electron chi connectivity index (χ4n) is 2.14. The van der Waals surface area contributed by atoms with Crippen molar-refractivity contribution >= 4 is 5.91 Å². The number of benzene rings is 1. The predicted octanol–water partition coefficient (Wildman–Crippen LogP) is 1.50. The van der Waals surface area contributed by atoms with Crippen LogP contribution in [0, 0.1) is 12.7 Å². The second kappa shape index (κ2) is 8.14. The maximum Gasteiger partial charge on any atom is 0.258 e. The molecule has 0 aliphatic heterocycles. The molecule has 0 aliphatic rings. The average molecular weight is 334 g/mol. The molecular formula is C17H19FN2O4. The number of amides is 1. The molecule has 2 aromatic rings. The van der Waals surface area contributed by atoms with Crippen LogP contribution in [0.1, 0.15) is 5.69 Å². The number of pyridine rings is 1. The summed E-state index contributed by atoms with van der Waals surface area (Å²) in [5, 5.41) is 2.67. The van der Waals surface area contributed by atoms with E-state index < -0.39 is 0 Å². The van der Waals surface area contributed by atoms with Crippen molar-refractivity contribution in [1.82, 2.24) is 9.88 Å². The summed E-state index contributed by atoms with van der Waals surface area (Å²) in [5.74, 6) is 0.227. The second-order valence-electron chi connectivity index (χ2n) is 5.12. The van der Waals surface area contributed by atoms with Gasteiger partial charge < -0.3 is 19.4 Å². The first-order chi connectivity index (χ1) is 11.5. The molecule has 6 nitrogen and oxygen atoms in total. The van der Waals surface area contributed by atoms with E-state index in [0.29, 0.717) is 24.6 Å². The van der Waals surface area contributed by atoms with Gasteiger partial charge in [-0.1, -0.05) is 0 Å². The van der Waals surface area contributed by atoms with Gasteiger partial charge >= 0.3 is 0 Å². The molecule has 0 atom stereocenters. The summed E-state index contributed by atoms with van der Waals surface area (Å²) in [6, 6.07) is 8.55. The summed E-state index contributed by atoms with van der Waals surface area (Å²) in [6.07, 6.45) is 0. The number of aromatic nitrogens is 1. The van der Waals surface area contributed by atoms with Crippen molar-refractivity contribution in [2.24, 2.45) is 0 Å². The highest BCUT2D eigenvalue weighted by atomic mass is 19.1. The van der Waals surface area contributed by atoms with Crippen molar-refractivity contribution in [3.63, 3.8) is 0 Å². The highest BCUT2D eigenvalue weighted by Crippen LogP contribution is 2.10. The topological polar surface area (TPSA) is 69.6 Å². The highest BCUT2D eigenvalue weighted by molar-refractivity contribution is 5.77. The quantitative estimate of drug-likeness (QED) is 0.833. The molecule has 0 spiro atoms. The molecule has 7 heteroatoms. The van der Waals surface area contributed by atoms with Gasteiger partial charge in [-0.05, 0) is 37.3 Å². The van der Waals surface area contributed by atoms with Crippen LogP contribution < -0.4 is 20.3 Å². The lowest BCUT2D eigenvalue weighted by molar-refractivity contribution is -0.123. The number of carbonyl (C=O) groups excluding carboxylic acids is 1. The number of methoxy groups -OCH3 is 1. The highest BCUT2D eigenvalue weighted by Gasteiger charge is 2.06. The molecule has 1 aromatic heterocycles. The van der Waals surface area contributed by atoms with Crippen LogP contribution in [0.5, 0.6) is 11.5 Å². The molecule has 1 heterocycles. The van der Waals surface area contributed by atoms with Crippen LogP contribution in [0.2, 0.25) is 0 Å². The van der Waals surface area contributed by atoms with Crippen molar-refractivity contribution in [2.75, 3.05) is 20.3 Å². The first-order valence-corrected chi connectivity index (χ1v) is 7.40. The zero-order valence-corrected chi connectivity index (χ0v) is 13.5. The second-order valence-corrected chi connectivity index (χ2v) is 5.12. The maximum absolute atomic E-state index is 12.8. The van der Waals surface area contributed by atoms with Crippen molar-refractivity contribution in [1.29, 1.82) is 0 Å². The molecule has 128 valence electrons. The minimum absolute atomic E-state index is 0.178. The number of nitrogens with zero attached hydrogens (tertiary/aromatic N) is 1. The van der Waals surface area contributed by atoms with Crippen LogP contribution in [0.15, 0.2) is 41.2 Å². The standard InChI is InChI=1S/C17H19FN2O4/c1-12-9-15(23-2)10-17(22)20(12)8-7-19-16(21)11-24-14-5-3-13(18)4-6-14/h3-6,9-10H,7-8,11H2,1-2H3,(H,19,21). The van der Waals surface area contributed by atoms with Gasteiger partial charge in [0.1, 0.15) is 17.3 Å². The van der Waals surface area contributed by atoms with E-state index in [1.807, 2.05) is 0 Å². The average Bonchev–Trinajstić information content (AvgIpc) is 2.56. The predicted molar refractivity (Wildman–Crippen MR) is 86.9 cm³/mol. The molecule has 0 saturated carbocycles. The van der Waals surface area contributed by atoms with Crippen molar-refractivity contribution in [3.05, 3.63) is 58.3 Å². The lowest BCUT2D eigenvalue weighted by Gasteiger charge is -2.12. The molecule has 0 aliphatic carbocycles. The number of rotatable bonds is 7. The fourth-order valence-corrected chi connectivity index (χ4v) is 2.14. The summed E-state index contributed by atoms with van der Waals surface area (Å²) in [7, 11) is 1.50. The van der Waals surface area contributed by atoms with Gasteiger partial charge in [0.2, 0.25) is 0 Å². The largest absolute Gasteiger partial charge is 0.496 e. The summed E-state index contributed by atoms with van der Waals surface area (Å²) in [6.45, 7) is 2.25. The third-order valence-electron chi connectivity index (χ3n) is 3.39. The number of hydrogen-bond donors (Lipinski definition) is 1. The van der Waals surface area contributed by atoms with Gasteiger partial charge in [-0.2, -0.15) is 0 Å². The Morgan fingerprint density at radius 1 is 1.21 bits per heavy atom. The van der Waals surface area contributed by atoms with E-state index in [-0.39, 0.29) is 23.9 Å². The van der Waals surface area contributed by atoms with E-state index in [0.717, 1.165) is 5.69 Å². The van der Waals surface area contributed by atoms with Crippen molar-refractivity contribution in [3.8, 4) is 11.5 Å². The number of nitrogens with one attached hydrogen (secondary N) is 1.